The van der Waals surface area contributed by atoms with Crippen LogP contribution in [0.25, 0.3) is 11.4 Å². The molecule has 0 radical (unpaired) electrons. The predicted molar refractivity (Wildman–Crippen MR) is 83.2 cm³/mol. The van der Waals surface area contributed by atoms with Crippen LogP contribution in [0.2, 0.25) is 0 Å². The lowest BCUT2D eigenvalue weighted by Gasteiger charge is -2.23. The second kappa shape index (κ2) is 5.49. The molecule has 1 atom stereocenters. The maximum absolute atomic E-state index is 11.6. The Morgan fingerprint density at radius 2 is 2.22 bits per heavy atom. The minimum absolute atomic E-state index is 0.0362. The van der Waals surface area contributed by atoms with E-state index in [4.69, 9.17) is 0 Å². The number of carboxylic acid groups (broad SMARTS) is 1. The molecule has 1 unspecified atom stereocenters. The van der Waals surface area contributed by atoms with Gasteiger partial charge >= 0.3 is 5.97 Å². The summed E-state index contributed by atoms with van der Waals surface area (Å²) in [5, 5.41) is 25.3. The fourth-order valence-corrected chi connectivity index (χ4v) is 3.10. The van der Waals surface area contributed by atoms with Crippen molar-refractivity contribution in [3.63, 3.8) is 0 Å². The highest BCUT2D eigenvalue weighted by Crippen LogP contribution is 2.42. The molecule has 2 aromatic heterocycles. The van der Waals surface area contributed by atoms with Crippen molar-refractivity contribution in [2.24, 2.45) is 0 Å². The van der Waals surface area contributed by atoms with Crippen molar-refractivity contribution in [1.29, 1.82) is 0 Å². The molecule has 3 rings (SSSR count). The molecule has 0 saturated carbocycles. The molecule has 120 valence electrons. The Hall–Kier alpha value is -2.70. The molecule has 1 aliphatic rings. The highest BCUT2D eigenvalue weighted by atomic mass is 16.5. The highest BCUT2D eigenvalue weighted by molar-refractivity contribution is 5.90. The van der Waals surface area contributed by atoms with E-state index in [2.05, 4.69) is 10.1 Å². The fraction of sp³-hybridized carbons (Fsp3) is 0.375. The maximum atomic E-state index is 11.6. The summed E-state index contributed by atoms with van der Waals surface area (Å²) in [6.45, 7) is 6.00. The van der Waals surface area contributed by atoms with E-state index in [1.54, 1.807) is 0 Å². The van der Waals surface area contributed by atoms with Crippen molar-refractivity contribution in [2.75, 3.05) is 0 Å². The molecule has 0 aromatic carbocycles. The summed E-state index contributed by atoms with van der Waals surface area (Å²) >= 11 is 0. The van der Waals surface area contributed by atoms with E-state index in [-0.39, 0.29) is 11.6 Å². The first-order chi connectivity index (χ1) is 10.9. The van der Waals surface area contributed by atoms with Crippen LogP contribution in [-0.4, -0.2) is 25.8 Å². The third-order valence-corrected chi connectivity index (χ3v) is 4.21. The molecule has 0 amide bonds. The van der Waals surface area contributed by atoms with Crippen LogP contribution in [0, 0.1) is 5.21 Å². The SMILES string of the molecule is CC(C)=C1CCC(C)c2c(C(=O)O)nn(-c3c[n+]([O-])ccn3)c21. The second-order valence-corrected chi connectivity index (χ2v) is 6.02. The Morgan fingerprint density at radius 1 is 1.48 bits per heavy atom. The van der Waals surface area contributed by atoms with Gasteiger partial charge < -0.3 is 10.3 Å². The van der Waals surface area contributed by atoms with E-state index in [0.29, 0.717) is 10.5 Å². The van der Waals surface area contributed by atoms with Gasteiger partial charge in [-0.1, -0.05) is 12.5 Å². The molecule has 0 spiro atoms. The lowest BCUT2D eigenvalue weighted by molar-refractivity contribution is -0.605. The largest absolute Gasteiger partial charge is 0.619 e. The van der Waals surface area contributed by atoms with Gasteiger partial charge in [0, 0.05) is 5.56 Å². The van der Waals surface area contributed by atoms with Crippen LogP contribution in [0.1, 0.15) is 61.3 Å². The zero-order valence-corrected chi connectivity index (χ0v) is 13.3. The summed E-state index contributed by atoms with van der Waals surface area (Å²) in [4.78, 5) is 15.8. The molecule has 7 heteroatoms. The van der Waals surface area contributed by atoms with E-state index in [0.717, 1.165) is 35.2 Å². The summed E-state index contributed by atoms with van der Waals surface area (Å²) in [7, 11) is 0. The quantitative estimate of drug-likeness (QED) is 0.678. The summed E-state index contributed by atoms with van der Waals surface area (Å²) in [5.74, 6) is -0.650. The Morgan fingerprint density at radius 3 is 2.83 bits per heavy atom. The number of hydrogen-bond acceptors (Lipinski definition) is 4. The number of allylic oxidation sites excluding steroid dienone is 2. The lowest BCUT2D eigenvalue weighted by Crippen LogP contribution is -2.26. The van der Waals surface area contributed by atoms with Crippen molar-refractivity contribution in [3.05, 3.63) is 46.3 Å². The third kappa shape index (κ3) is 2.48. The van der Waals surface area contributed by atoms with Crippen molar-refractivity contribution in [3.8, 4) is 5.82 Å². The Balaban J connectivity index is 2.36. The van der Waals surface area contributed by atoms with Crippen LogP contribution < -0.4 is 4.73 Å². The van der Waals surface area contributed by atoms with Crippen molar-refractivity contribution >= 4 is 11.5 Å². The minimum Gasteiger partial charge on any atom is -0.619 e. The van der Waals surface area contributed by atoms with Gasteiger partial charge in [-0.05, 0) is 38.2 Å². The van der Waals surface area contributed by atoms with Gasteiger partial charge in [-0.15, -0.1) is 0 Å². The van der Waals surface area contributed by atoms with E-state index < -0.39 is 5.97 Å². The number of fused-ring (bicyclic) bond motifs is 1. The van der Waals surface area contributed by atoms with Crippen molar-refractivity contribution in [2.45, 2.75) is 39.5 Å². The molecule has 0 aliphatic heterocycles. The fourth-order valence-electron chi connectivity index (χ4n) is 3.10. The number of aromatic nitrogens is 4. The van der Waals surface area contributed by atoms with E-state index in [1.165, 1.54) is 23.3 Å². The molecule has 0 bridgehead atoms. The van der Waals surface area contributed by atoms with E-state index in [9.17, 15) is 15.1 Å². The third-order valence-electron chi connectivity index (χ3n) is 4.21. The van der Waals surface area contributed by atoms with Gasteiger partial charge in [0.1, 0.15) is 0 Å². The van der Waals surface area contributed by atoms with Gasteiger partial charge in [0.05, 0.1) is 11.9 Å². The number of nitrogens with zero attached hydrogens (tertiary/aromatic N) is 4. The maximum Gasteiger partial charge on any atom is 0.356 e. The first-order valence-electron chi connectivity index (χ1n) is 7.48. The average molecular weight is 314 g/mol. The normalized spacial score (nSPS) is 17.0. The Bertz CT molecular complexity index is 819. The minimum atomic E-state index is -1.06. The van der Waals surface area contributed by atoms with Gasteiger partial charge in [-0.25, -0.2) is 14.5 Å². The second-order valence-electron chi connectivity index (χ2n) is 6.02. The molecule has 2 heterocycles. The number of rotatable bonds is 2. The molecular formula is C16H18N4O3. The summed E-state index contributed by atoms with van der Waals surface area (Å²) < 4.78 is 2.12. The smallest absolute Gasteiger partial charge is 0.356 e. The predicted octanol–water partition coefficient (Wildman–Crippen LogP) is 2.29. The van der Waals surface area contributed by atoms with Gasteiger partial charge in [-0.3, -0.25) is 0 Å². The zero-order chi connectivity index (χ0) is 16.7. The molecule has 7 nitrogen and oxygen atoms in total. The van der Waals surface area contributed by atoms with E-state index >= 15 is 0 Å². The molecule has 1 N–H and O–H groups in total. The first kappa shape index (κ1) is 15.2. The van der Waals surface area contributed by atoms with Crippen molar-refractivity contribution < 1.29 is 14.6 Å². The van der Waals surface area contributed by atoms with Gasteiger partial charge in [0.2, 0.25) is 12.0 Å². The molecule has 0 fully saturated rings. The molecule has 2 aromatic rings. The number of hydrogen-bond donors (Lipinski definition) is 1. The molecule has 0 saturated heterocycles. The summed E-state index contributed by atoms with van der Waals surface area (Å²) in [6, 6.07) is 0. The van der Waals surface area contributed by atoms with Crippen LogP contribution in [0.4, 0.5) is 0 Å². The first-order valence-corrected chi connectivity index (χ1v) is 7.48. The average Bonchev–Trinajstić information content (AvgIpc) is 2.88. The van der Waals surface area contributed by atoms with Gasteiger partial charge in [-0.2, -0.15) is 9.83 Å². The van der Waals surface area contributed by atoms with Crippen LogP contribution in [0.15, 0.2) is 24.2 Å². The van der Waals surface area contributed by atoms with Crippen LogP contribution in [0.3, 0.4) is 0 Å². The topological polar surface area (TPSA) is 95.0 Å². The summed E-state index contributed by atoms with van der Waals surface area (Å²) in [6.07, 6.45) is 5.68. The van der Waals surface area contributed by atoms with Gasteiger partial charge in [0.25, 0.3) is 0 Å². The lowest BCUT2D eigenvalue weighted by atomic mass is 9.82. The molecular weight excluding hydrogens is 296 g/mol. The number of carboxylic acids is 1. The van der Waals surface area contributed by atoms with Crippen LogP contribution >= 0.6 is 0 Å². The monoisotopic (exact) mass is 314 g/mol. The zero-order valence-electron chi connectivity index (χ0n) is 13.3. The van der Waals surface area contributed by atoms with E-state index in [1.807, 2.05) is 20.8 Å². The molecule has 1 aliphatic carbocycles. The molecule has 23 heavy (non-hydrogen) atoms. The standard InChI is InChI=1S/C16H18N4O3/c1-9(2)11-5-4-10(3)13-14(16(21)22)18-20(15(11)13)12-8-19(23)7-6-17-12/h6-8,10H,4-5H2,1-3H3,(H,21,22). The Kier molecular flexibility index (Phi) is 3.63. The number of carbonyl (C=O) groups is 1. The van der Waals surface area contributed by atoms with Crippen LogP contribution in [-0.2, 0) is 0 Å². The van der Waals surface area contributed by atoms with Crippen LogP contribution in [0.5, 0.6) is 0 Å². The van der Waals surface area contributed by atoms with Gasteiger partial charge in [0.15, 0.2) is 11.9 Å². The number of aromatic carboxylic acids is 1. The highest BCUT2D eigenvalue weighted by Gasteiger charge is 2.33. The summed E-state index contributed by atoms with van der Waals surface area (Å²) in [5.41, 5.74) is 3.71. The Labute approximate surface area is 133 Å². The van der Waals surface area contributed by atoms with Crippen molar-refractivity contribution in [1.82, 2.24) is 14.8 Å².